The SMILES string of the molecule is O=C(Cc1ccccc1)N1CCc2c([nH]c3c(F)cc(F)cc23)C1. The van der Waals surface area contributed by atoms with Crippen LogP contribution in [0.25, 0.3) is 10.9 Å². The third kappa shape index (κ3) is 2.56. The normalized spacial score (nSPS) is 14.0. The van der Waals surface area contributed by atoms with Crippen molar-refractivity contribution >= 4 is 16.8 Å². The summed E-state index contributed by atoms with van der Waals surface area (Å²) < 4.78 is 27.4. The van der Waals surface area contributed by atoms with Gasteiger partial charge in [0.25, 0.3) is 0 Å². The van der Waals surface area contributed by atoms with Crippen molar-refractivity contribution in [3.05, 3.63) is 70.9 Å². The fourth-order valence-corrected chi connectivity index (χ4v) is 3.36. The number of benzene rings is 2. The highest BCUT2D eigenvalue weighted by atomic mass is 19.1. The number of aromatic amines is 1. The van der Waals surface area contributed by atoms with Crippen molar-refractivity contribution in [1.82, 2.24) is 9.88 Å². The lowest BCUT2D eigenvalue weighted by molar-refractivity contribution is -0.131. The second-order valence-corrected chi connectivity index (χ2v) is 6.12. The average molecular weight is 326 g/mol. The van der Waals surface area contributed by atoms with E-state index < -0.39 is 11.6 Å². The Kier molecular flexibility index (Phi) is 3.56. The molecule has 0 saturated heterocycles. The molecule has 24 heavy (non-hydrogen) atoms. The van der Waals surface area contributed by atoms with E-state index in [2.05, 4.69) is 4.98 Å². The van der Waals surface area contributed by atoms with Gasteiger partial charge in [-0.3, -0.25) is 4.79 Å². The molecule has 0 unspecified atom stereocenters. The number of amides is 1. The predicted molar refractivity (Wildman–Crippen MR) is 87.5 cm³/mol. The predicted octanol–water partition coefficient (Wildman–Crippen LogP) is 3.57. The molecule has 0 bridgehead atoms. The van der Waals surface area contributed by atoms with Crippen LogP contribution in [-0.2, 0) is 24.2 Å². The zero-order valence-corrected chi connectivity index (χ0v) is 13.0. The summed E-state index contributed by atoms with van der Waals surface area (Å²) in [7, 11) is 0. The summed E-state index contributed by atoms with van der Waals surface area (Å²) in [4.78, 5) is 17.3. The number of carbonyl (C=O) groups is 1. The molecule has 1 N–H and O–H groups in total. The zero-order valence-electron chi connectivity index (χ0n) is 13.0. The number of halogens is 2. The van der Waals surface area contributed by atoms with E-state index in [1.807, 2.05) is 30.3 Å². The van der Waals surface area contributed by atoms with Crippen LogP contribution >= 0.6 is 0 Å². The Bertz CT molecular complexity index is 918. The maximum atomic E-state index is 13.9. The number of hydrogen-bond acceptors (Lipinski definition) is 1. The van der Waals surface area contributed by atoms with Crippen LogP contribution < -0.4 is 0 Å². The van der Waals surface area contributed by atoms with E-state index in [0.717, 1.165) is 22.9 Å². The number of fused-ring (bicyclic) bond motifs is 3. The van der Waals surface area contributed by atoms with E-state index in [9.17, 15) is 13.6 Å². The molecule has 0 atom stereocenters. The molecule has 1 aliphatic rings. The van der Waals surface area contributed by atoms with E-state index in [1.54, 1.807) is 4.90 Å². The molecule has 2 heterocycles. The van der Waals surface area contributed by atoms with Crippen molar-refractivity contribution in [2.45, 2.75) is 19.4 Å². The quantitative estimate of drug-likeness (QED) is 0.768. The highest BCUT2D eigenvalue weighted by molar-refractivity contribution is 5.86. The van der Waals surface area contributed by atoms with E-state index in [4.69, 9.17) is 0 Å². The third-order valence-corrected chi connectivity index (χ3v) is 4.55. The molecule has 0 spiro atoms. The maximum absolute atomic E-state index is 13.9. The van der Waals surface area contributed by atoms with Gasteiger partial charge in [-0.15, -0.1) is 0 Å². The molecule has 122 valence electrons. The van der Waals surface area contributed by atoms with E-state index in [1.165, 1.54) is 6.07 Å². The lowest BCUT2D eigenvalue weighted by atomic mass is 10.0. The lowest BCUT2D eigenvalue weighted by Gasteiger charge is -2.27. The first-order valence-corrected chi connectivity index (χ1v) is 7.92. The first-order valence-electron chi connectivity index (χ1n) is 7.92. The van der Waals surface area contributed by atoms with Crippen LogP contribution in [0.1, 0.15) is 16.8 Å². The van der Waals surface area contributed by atoms with Crippen molar-refractivity contribution < 1.29 is 13.6 Å². The fraction of sp³-hybridized carbons (Fsp3) is 0.211. The Labute approximate surface area is 137 Å². The van der Waals surface area contributed by atoms with Gasteiger partial charge in [-0.25, -0.2) is 8.78 Å². The Morgan fingerprint density at radius 1 is 1.17 bits per heavy atom. The van der Waals surface area contributed by atoms with Gasteiger partial charge in [0.05, 0.1) is 18.5 Å². The number of nitrogens with zero attached hydrogens (tertiary/aromatic N) is 1. The molecule has 4 rings (SSSR count). The summed E-state index contributed by atoms with van der Waals surface area (Å²) in [6.45, 7) is 0.959. The molecule has 1 amide bonds. The first-order chi connectivity index (χ1) is 11.6. The van der Waals surface area contributed by atoms with Gasteiger partial charge in [-0.05, 0) is 23.6 Å². The number of nitrogens with one attached hydrogen (secondary N) is 1. The van der Waals surface area contributed by atoms with Crippen molar-refractivity contribution in [3.63, 3.8) is 0 Å². The monoisotopic (exact) mass is 326 g/mol. The minimum absolute atomic E-state index is 0.0390. The van der Waals surface area contributed by atoms with Crippen LogP contribution in [0.15, 0.2) is 42.5 Å². The highest BCUT2D eigenvalue weighted by Crippen LogP contribution is 2.30. The van der Waals surface area contributed by atoms with Gasteiger partial charge in [-0.1, -0.05) is 30.3 Å². The third-order valence-electron chi connectivity index (χ3n) is 4.55. The standard InChI is InChI=1S/C19H16F2N2O/c20-13-9-15-14-6-7-23(11-17(14)22-19(15)16(21)10-13)18(24)8-12-4-2-1-3-5-12/h1-5,9-10,22H,6-8,11H2. The van der Waals surface area contributed by atoms with Crippen molar-refractivity contribution in [2.24, 2.45) is 0 Å². The molecule has 2 aromatic carbocycles. The van der Waals surface area contributed by atoms with Gasteiger partial charge < -0.3 is 9.88 Å². The van der Waals surface area contributed by atoms with Gasteiger partial charge in [0.15, 0.2) is 0 Å². The van der Waals surface area contributed by atoms with Gasteiger partial charge in [-0.2, -0.15) is 0 Å². The summed E-state index contributed by atoms with van der Waals surface area (Å²) >= 11 is 0. The summed E-state index contributed by atoms with van der Waals surface area (Å²) in [5.74, 6) is -1.14. The van der Waals surface area contributed by atoms with Crippen molar-refractivity contribution in [2.75, 3.05) is 6.54 Å². The summed E-state index contributed by atoms with van der Waals surface area (Å²) in [6.07, 6.45) is 0.943. The molecule has 0 saturated carbocycles. The Hall–Kier alpha value is -2.69. The van der Waals surface area contributed by atoms with Gasteiger partial charge in [0.2, 0.25) is 5.91 Å². The molecule has 3 nitrogen and oxygen atoms in total. The second kappa shape index (κ2) is 5.74. The topological polar surface area (TPSA) is 36.1 Å². The molecule has 5 heteroatoms. The van der Waals surface area contributed by atoms with Crippen LogP contribution in [0.4, 0.5) is 8.78 Å². The molecule has 1 aliphatic heterocycles. The van der Waals surface area contributed by atoms with Crippen LogP contribution in [0.5, 0.6) is 0 Å². The Balaban J connectivity index is 1.60. The van der Waals surface area contributed by atoms with Gasteiger partial charge >= 0.3 is 0 Å². The summed E-state index contributed by atoms with van der Waals surface area (Å²) in [6, 6.07) is 11.8. The second-order valence-electron chi connectivity index (χ2n) is 6.12. The van der Waals surface area contributed by atoms with Crippen LogP contribution in [-0.4, -0.2) is 22.3 Å². The molecule has 3 aromatic rings. The Morgan fingerprint density at radius 3 is 2.75 bits per heavy atom. The number of aromatic nitrogens is 1. The van der Waals surface area contributed by atoms with Crippen molar-refractivity contribution in [1.29, 1.82) is 0 Å². The van der Waals surface area contributed by atoms with Crippen LogP contribution in [0, 0.1) is 11.6 Å². The lowest BCUT2D eigenvalue weighted by Crippen LogP contribution is -2.36. The smallest absolute Gasteiger partial charge is 0.227 e. The molecule has 0 radical (unpaired) electrons. The summed E-state index contributed by atoms with van der Waals surface area (Å²) in [5, 5.41) is 0.581. The van der Waals surface area contributed by atoms with E-state index in [0.29, 0.717) is 36.8 Å². The van der Waals surface area contributed by atoms with Gasteiger partial charge in [0, 0.05) is 23.7 Å². The molecule has 0 fully saturated rings. The zero-order chi connectivity index (χ0) is 16.7. The highest BCUT2D eigenvalue weighted by Gasteiger charge is 2.25. The number of carbonyl (C=O) groups excluding carboxylic acids is 1. The largest absolute Gasteiger partial charge is 0.354 e. The fourth-order valence-electron chi connectivity index (χ4n) is 3.36. The molecular weight excluding hydrogens is 310 g/mol. The van der Waals surface area contributed by atoms with E-state index in [-0.39, 0.29) is 5.91 Å². The van der Waals surface area contributed by atoms with Crippen LogP contribution in [0.2, 0.25) is 0 Å². The number of hydrogen-bond donors (Lipinski definition) is 1. The summed E-state index contributed by atoms with van der Waals surface area (Å²) in [5.41, 5.74) is 2.99. The number of rotatable bonds is 2. The number of H-pyrrole nitrogens is 1. The van der Waals surface area contributed by atoms with E-state index >= 15 is 0 Å². The molecule has 1 aromatic heterocycles. The van der Waals surface area contributed by atoms with Crippen LogP contribution in [0.3, 0.4) is 0 Å². The molecular formula is C19H16F2N2O. The Morgan fingerprint density at radius 2 is 1.96 bits per heavy atom. The van der Waals surface area contributed by atoms with Crippen molar-refractivity contribution in [3.8, 4) is 0 Å². The minimum Gasteiger partial charge on any atom is -0.354 e. The minimum atomic E-state index is -0.596. The molecule has 0 aliphatic carbocycles. The maximum Gasteiger partial charge on any atom is 0.227 e. The van der Waals surface area contributed by atoms with Gasteiger partial charge in [0.1, 0.15) is 11.6 Å². The first kappa shape index (κ1) is 14.9. The average Bonchev–Trinajstić information content (AvgIpc) is 2.94.